The number of aliphatic imine (C=N–C) groups is 1. The number of amidine groups is 1. The molecule has 1 atom stereocenters. The van der Waals surface area contributed by atoms with Crippen molar-refractivity contribution >= 4 is 50.5 Å². The second-order valence-corrected chi connectivity index (χ2v) is 9.16. The summed E-state index contributed by atoms with van der Waals surface area (Å²) in [6.07, 6.45) is 0.779. The zero-order valence-electron chi connectivity index (χ0n) is 17.3. The van der Waals surface area contributed by atoms with E-state index in [0.717, 1.165) is 28.1 Å². The second kappa shape index (κ2) is 8.32. The third-order valence-corrected chi connectivity index (χ3v) is 6.41. The van der Waals surface area contributed by atoms with Gasteiger partial charge in [-0.3, -0.25) is 0 Å². The van der Waals surface area contributed by atoms with Crippen molar-refractivity contribution in [2.24, 2.45) is 4.99 Å². The van der Waals surface area contributed by atoms with Crippen LogP contribution in [0.2, 0.25) is 0 Å². The molecule has 1 aliphatic rings. The SMILES string of the molecule is Cc1cccc(C)c1NC1=NC(=S)N(c2ccc(Br)cc2)[C@]1(C)Cc1ccccc1. The van der Waals surface area contributed by atoms with Crippen LogP contribution in [0.25, 0.3) is 0 Å². The first-order valence-electron chi connectivity index (χ1n) is 9.94. The molecule has 0 radical (unpaired) electrons. The molecular weight excluding hydrogens is 454 g/mol. The van der Waals surface area contributed by atoms with Crippen LogP contribution in [0, 0.1) is 13.8 Å². The van der Waals surface area contributed by atoms with Gasteiger partial charge in [-0.05, 0) is 73.9 Å². The van der Waals surface area contributed by atoms with Gasteiger partial charge in [0.2, 0.25) is 5.11 Å². The molecule has 0 aliphatic carbocycles. The van der Waals surface area contributed by atoms with Crippen molar-refractivity contribution in [3.63, 3.8) is 0 Å². The van der Waals surface area contributed by atoms with Crippen LogP contribution in [0.4, 0.5) is 11.4 Å². The normalized spacial score (nSPS) is 18.5. The quantitative estimate of drug-likeness (QED) is 0.424. The van der Waals surface area contributed by atoms with E-state index in [1.54, 1.807) is 0 Å². The highest BCUT2D eigenvalue weighted by atomic mass is 79.9. The van der Waals surface area contributed by atoms with E-state index in [9.17, 15) is 0 Å². The van der Waals surface area contributed by atoms with Crippen molar-refractivity contribution in [1.82, 2.24) is 0 Å². The number of hydrogen-bond acceptors (Lipinski definition) is 2. The molecule has 1 N–H and O–H groups in total. The molecule has 3 aromatic carbocycles. The average Bonchev–Trinajstić information content (AvgIpc) is 2.96. The number of aryl methyl sites for hydroxylation is 2. The summed E-state index contributed by atoms with van der Waals surface area (Å²) in [7, 11) is 0. The van der Waals surface area contributed by atoms with Crippen LogP contribution in [0.3, 0.4) is 0 Å². The summed E-state index contributed by atoms with van der Waals surface area (Å²) in [4.78, 5) is 7.01. The summed E-state index contributed by atoms with van der Waals surface area (Å²) >= 11 is 9.30. The zero-order valence-corrected chi connectivity index (χ0v) is 19.7. The Morgan fingerprint density at radius 2 is 1.57 bits per heavy atom. The summed E-state index contributed by atoms with van der Waals surface area (Å²) in [6, 6.07) is 25.1. The number of thiocarbonyl (C=S) groups is 1. The van der Waals surface area contributed by atoms with E-state index in [-0.39, 0.29) is 0 Å². The molecular formula is C25H24BrN3S. The third kappa shape index (κ3) is 3.92. The fourth-order valence-electron chi connectivity index (χ4n) is 4.02. The Balaban J connectivity index is 1.78. The van der Waals surface area contributed by atoms with Crippen LogP contribution < -0.4 is 10.2 Å². The van der Waals surface area contributed by atoms with Crippen LogP contribution in [0.5, 0.6) is 0 Å². The van der Waals surface area contributed by atoms with Gasteiger partial charge in [0.25, 0.3) is 0 Å². The lowest BCUT2D eigenvalue weighted by Gasteiger charge is -2.37. The molecule has 0 spiro atoms. The molecule has 4 rings (SSSR count). The van der Waals surface area contributed by atoms with Crippen molar-refractivity contribution in [3.8, 4) is 0 Å². The molecule has 3 aromatic rings. The second-order valence-electron chi connectivity index (χ2n) is 7.88. The lowest BCUT2D eigenvalue weighted by molar-refractivity contribution is 0.626. The summed E-state index contributed by atoms with van der Waals surface area (Å²) in [5.41, 5.74) is 5.30. The summed E-state index contributed by atoms with van der Waals surface area (Å²) < 4.78 is 1.04. The first kappa shape index (κ1) is 20.8. The molecule has 0 saturated heterocycles. The standard InChI is InChI=1S/C25H24BrN3S/c1-17-8-7-9-18(2)22(17)27-23-25(3,16-19-10-5-4-6-11-19)29(24(30)28-23)21-14-12-20(26)13-15-21/h4-15H,16H2,1-3H3,(H,27,28,30)/t25-/m1/s1. The smallest absolute Gasteiger partial charge is 0.202 e. The number of rotatable bonds is 4. The molecule has 0 amide bonds. The number of hydrogen-bond donors (Lipinski definition) is 1. The Morgan fingerprint density at radius 3 is 2.20 bits per heavy atom. The summed E-state index contributed by atoms with van der Waals surface area (Å²) in [6.45, 7) is 6.44. The molecule has 1 heterocycles. The van der Waals surface area contributed by atoms with Gasteiger partial charge in [-0.1, -0.05) is 64.5 Å². The number of nitrogens with one attached hydrogen (secondary N) is 1. The fourth-order valence-corrected chi connectivity index (χ4v) is 4.68. The predicted molar refractivity (Wildman–Crippen MR) is 135 cm³/mol. The van der Waals surface area contributed by atoms with Crippen molar-refractivity contribution in [1.29, 1.82) is 0 Å². The number of halogens is 1. The fraction of sp³-hybridized carbons (Fsp3) is 0.200. The highest BCUT2D eigenvalue weighted by molar-refractivity contribution is 9.10. The van der Waals surface area contributed by atoms with E-state index in [2.05, 4.69) is 102 Å². The van der Waals surface area contributed by atoms with Gasteiger partial charge in [0.05, 0.1) is 0 Å². The van der Waals surface area contributed by atoms with Crippen molar-refractivity contribution in [3.05, 3.63) is 94.0 Å². The molecule has 1 aliphatic heterocycles. The van der Waals surface area contributed by atoms with Crippen LogP contribution in [-0.4, -0.2) is 16.5 Å². The molecule has 3 nitrogen and oxygen atoms in total. The Hall–Kier alpha value is -2.50. The van der Waals surface area contributed by atoms with Crippen LogP contribution >= 0.6 is 28.1 Å². The molecule has 30 heavy (non-hydrogen) atoms. The van der Waals surface area contributed by atoms with Crippen LogP contribution in [0.15, 0.2) is 82.3 Å². The Kier molecular flexibility index (Phi) is 5.76. The molecule has 0 bridgehead atoms. The van der Waals surface area contributed by atoms with Gasteiger partial charge < -0.3 is 10.2 Å². The Morgan fingerprint density at radius 1 is 0.933 bits per heavy atom. The summed E-state index contributed by atoms with van der Waals surface area (Å²) in [5, 5.41) is 4.21. The monoisotopic (exact) mass is 477 g/mol. The first-order chi connectivity index (χ1) is 14.4. The minimum absolute atomic E-state index is 0.443. The van der Waals surface area contributed by atoms with Gasteiger partial charge in [0.15, 0.2) is 0 Å². The largest absolute Gasteiger partial charge is 0.341 e. The van der Waals surface area contributed by atoms with E-state index < -0.39 is 5.54 Å². The van der Waals surface area contributed by atoms with Crippen molar-refractivity contribution in [2.75, 3.05) is 10.2 Å². The van der Waals surface area contributed by atoms with E-state index in [1.165, 1.54) is 16.7 Å². The van der Waals surface area contributed by atoms with Crippen LogP contribution in [0.1, 0.15) is 23.6 Å². The lowest BCUT2D eigenvalue weighted by atomic mass is 9.89. The molecule has 152 valence electrons. The van der Waals surface area contributed by atoms with Crippen molar-refractivity contribution < 1.29 is 0 Å². The molecule has 0 aromatic heterocycles. The predicted octanol–water partition coefficient (Wildman–Crippen LogP) is 6.68. The van der Waals surface area contributed by atoms with E-state index >= 15 is 0 Å². The van der Waals surface area contributed by atoms with Gasteiger partial charge in [0, 0.05) is 22.3 Å². The number of anilines is 2. The van der Waals surface area contributed by atoms with Gasteiger partial charge in [0.1, 0.15) is 11.4 Å². The minimum Gasteiger partial charge on any atom is -0.341 e. The highest BCUT2D eigenvalue weighted by Gasteiger charge is 2.45. The maximum Gasteiger partial charge on any atom is 0.202 e. The Bertz CT molecular complexity index is 1090. The van der Waals surface area contributed by atoms with Gasteiger partial charge >= 0.3 is 0 Å². The van der Waals surface area contributed by atoms with E-state index in [4.69, 9.17) is 17.2 Å². The maximum absolute atomic E-state index is 5.77. The number of nitrogens with zero attached hydrogens (tertiary/aromatic N) is 2. The lowest BCUT2D eigenvalue weighted by Crippen LogP contribution is -2.53. The number of benzene rings is 3. The number of para-hydroxylation sites is 1. The van der Waals surface area contributed by atoms with Crippen LogP contribution in [-0.2, 0) is 6.42 Å². The zero-order chi connectivity index (χ0) is 21.3. The Labute approximate surface area is 192 Å². The first-order valence-corrected chi connectivity index (χ1v) is 11.1. The highest BCUT2D eigenvalue weighted by Crippen LogP contribution is 2.36. The van der Waals surface area contributed by atoms with E-state index in [1.807, 2.05) is 18.2 Å². The topological polar surface area (TPSA) is 27.6 Å². The van der Waals surface area contributed by atoms with Gasteiger partial charge in [-0.25, -0.2) is 4.99 Å². The van der Waals surface area contributed by atoms with Gasteiger partial charge in [-0.15, -0.1) is 0 Å². The molecule has 0 saturated carbocycles. The van der Waals surface area contributed by atoms with Gasteiger partial charge in [-0.2, -0.15) is 0 Å². The van der Waals surface area contributed by atoms with Crippen molar-refractivity contribution in [2.45, 2.75) is 32.7 Å². The third-order valence-electron chi connectivity index (χ3n) is 5.60. The molecule has 0 unspecified atom stereocenters. The van der Waals surface area contributed by atoms with E-state index in [0.29, 0.717) is 5.11 Å². The summed E-state index contributed by atoms with van der Waals surface area (Å²) in [5.74, 6) is 0.872. The average molecular weight is 478 g/mol. The maximum atomic E-state index is 5.77. The molecule has 0 fully saturated rings. The molecule has 5 heteroatoms. The minimum atomic E-state index is -0.443.